The summed E-state index contributed by atoms with van der Waals surface area (Å²) in [4.78, 5) is 28.4. The van der Waals surface area contributed by atoms with Crippen LogP contribution in [-0.4, -0.2) is 97.8 Å². The molecule has 0 aromatic heterocycles. The number of benzene rings is 2. The number of nitrogens with zero attached hydrogens (tertiary/aromatic N) is 2. The van der Waals surface area contributed by atoms with E-state index in [1.807, 2.05) is 4.90 Å². The highest BCUT2D eigenvalue weighted by molar-refractivity contribution is 5.95. The Kier molecular flexibility index (Phi) is 9.83. The molecule has 0 saturated carbocycles. The van der Waals surface area contributed by atoms with E-state index in [1.165, 1.54) is 17.0 Å². The topological polar surface area (TPSA) is 103 Å². The molecule has 2 fully saturated rings. The molecule has 2 aromatic rings. The van der Waals surface area contributed by atoms with Crippen molar-refractivity contribution in [3.63, 3.8) is 0 Å². The van der Waals surface area contributed by atoms with Gasteiger partial charge in [0.05, 0.1) is 31.6 Å². The number of aliphatic hydroxyl groups is 1. The largest absolute Gasteiger partial charge is 0.430 e. The van der Waals surface area contributed by atoms with Crippen LogP contribution in [0, 0.1) is 5.82 Å². The SMILES string of the molecule is O=C(NCC1COCCO1)Nc1ccc(C(=O)N2CCN(Cc3ccc(C(O)(C(F)(F)F)C(F)(F)F)cc3)CC2)cc1F. The van der Waals surface area contributed by atoms with E-state index in [-0.39, 0.29) is 43.5 Å². The monoisotopic (exact) mass is 622 g/mol. The number of ether oxygens (including phenoxy) is 2. The van der Waals surface area contributed by atoms with Crippen molar-refractivity contribution < 1.29 is 54.9 Å². The summed E-state index contributed by atoms with van der Waals surface area (Å²) in [5.41, 5.74) is -6.00. The Morgan fingerprint density at radius 3 is 2.14 bits per heavy atom. The predicted octanol–water partition coefficient (Wildman–Crippen LogP) is 3.63. The minimum Gasteiger partial charge on any atom is -0.376 e. The molecule has 16 heteroatoms. The Balaban J connectivity index is 1.28. The van der Waals surface area contributed by atoms with Gasteiger partial charge in [-0.2, -0.15) is 26.3 Å². The molecular formula is C27H29F7N4O5. The molecule has 4 rings (SSSR count). The molecule has 2 aliphatic heterocycles. The minimum absolute atomic E-state index is 0.0575. The van der Waals surface area contributed by atoms with Crippen molar-refractivity contribution >= 4 is 17.6 Å². The number of amides is 3. The molecule has 1 unspecified atom stereocenters. The Morgan fingerprint density at radius 1 is 0.930 bits per heavy atom. The predicted molar refractivity (Wildman–Crippen MR) is 138 cm³/mol. The van der Waals surface area contributed by atoms with Gasteiger partial charge in [0.15, 0.2) is 0 Å². The second-order valence-corrected chi connectivity index (χ2v) is 10.1. The van der Waals surface area contributed by atoms with Crippen LogP contribution in [0.1, 0.15) is 21.5 Å². The first-order valence-electron chi connectivity index (χ1n) is 13.2. The zero-order valence-electron chi connectivity index (χ0n) is 22.6. The number of piperazine rings is 1. The lowest BCUT2D eigenvalue weighted by molar-refractivity contribution is -0.376. The quantitative estimate of drug-likeness (QED) is 0.408. The normalized spacial score (nSPS) is 18.8. The van der Waals surface area contributed by atoms with Crippen molar-refractivity contribution in [3.05, 3.63) is 65.0 Å². The van der Waals surface area contributed by atoms with Gasteiger partial charge in [-0.1, -0.05) is 24.3 Å². The molecule has 1 atom stereocenters. The number of halogens is 7. The zero-order valence-corrected chi connectivity index (χ0v) is 22.6. The summed E-state index contributed by atoms with van der Waals surface area (Å²) in [6.45, 7) is 2.69. The minimum atomic E-state index is -5.97. The lowest BCUT2D eigenvalue weighted by Gasteiger charge is -2.35. The second-order valence-electron chi connectivity index (χ2n) is 10.1. The summed E-state index contributed by atoms with van der Waals surface area (Å²) in [7, 11) is 0. The van der Waals surface area contributed by atoms with Gasteiger partial charge in [-0.15, -0.1) is 0 Å². The maximum Gasteiger partial charge on any atom is 0.430 e. The van der Waals surface area contributed by atoms with Crippen molar-refractivity contribution in [2.24, 2.45) is 0 Å². The van der Waals surface area contributed by atoms with Crippen LogP contribution in [0.2, 0.25) is 0 Å². The van der Waals surface area contributed by atoms with Gasteiger partial charge >= 0.3 is 18.4 Å². The molecule has 0 spiro atoms. The van der Waals surface area contributed by atoms with Gasteiger partial charge in [0.2, 0.25) is 0 Å². The smallest absolute Gasteiger partial charge is 0.376 e. The van der Waals surface area contributed by atoms with E-state index in [2.05, 4.69) is 10.6 Å². The maximum absolute atomic E-state index is 14.7. The molecule has 3 N–H and O–H groups in total. The van der Waals surface area contributed by atoms with E-state index in [9.17, 15) is 45.4 Å². The summed E-state index contributed by atoms with van der Waals surface area (Å²) in [5, 5.41) is 14.5. The fourth-order valence-electron chi connectivity index (χ4n) is 4.67. The molecule has 236 valence electrons. The second kappa shape index (κ2) is 13.0. The molecule has 2 saturated heterocycles. The summed E-state index contributed by atoms with van der Waals surface area (Å²) < 4.78 is 104. The Bertz CT molecular complexity index is 1260. The lowest BCUT2D eigenvalue weighted by Crippen LogP contribution is -2.53. The maximum atomic E-state index is 14.7. The third kappa shape index (κ3) is 7.55. The third-order valence-corrected chi connectivity index (χ3v) is 7.10. The van der Waals surface area contributed by atoms with Crippen LogP contribution in [0.5, 0.6) is 0 Å². The number of carbonyl (C=O) groups is 2. The standard InChI is InChI=1S/C27H29F7N4O5/c28-21-13-18(3-6-22(21)36-24(40)35-14-20-16-42-11-12-43-20)23(39)38-9-7-37(8-10-38)15-17-1-4-19(5-2-17)25(41,26(29,30)31)27(32,33)34/h1-6,13,20,41H,7-12,14-16H2,(H2,35,36,40). The number of carbonyl (C=O) groups excluding carboxylic acids is 2. The Morgan fingerprint density at radius 2 is 1.58 bits per heavy atom. The van der Waals surface area contributed by atoms with Crippen LogP contribution in [0.15, 0.2) is 42.5 Å². The van der Waals surface area contributed by atoms with Crippen molar-refractivity contribution in [3.8, 4) is 0 Å². The number of alkyl halides is 6. The third-order valence-electron chi connectivity index (χ3n) is 7.10. The first kappa shape index (κ1) is 32.4. The number of nitrogens with one attached hydrogen (secondary N) is 2. The van der Waals surface area contributed by atoms with E-state index < -0.39 is 41.3 Å². The molecule has 0 aliphatic carbocycles. The number of anilines is 1. The van der Waals surface area contributed by atoms with E-state index in [4.69, 9.17) is 9.47 Å². The average molecular weight is 623 g/mol. The van der Waals surface area contributed by atoms with Crippen molar-refractivity contribution in [1.82, 2.24) is 15.1 Å². The summed E-state index contributed by atoms with van der Waals surface area (Å²) in [6, 6.07) is 6.32. The van der Waals surface area contributed by atoms with Crippen LogP contribution in [0.3, 0.4) is 0 Å². The molecule has 0 bridgehead atoms. The van der Waals surface area contributed by atoms with Gasteiger partial charge in [-0.3, -0.25) is 9.69 Å². The molecule has 2 aromatic carbocycles. The van der Waals surface area contributed by atoms with Crippen molar-refractivity contribution in [1.29, 1.82) is 0 Å². The number of hydrogen-bond donors (Lipinski definition) is 3. The molecule has 9 nitrogen and oxygen atoms in total. The van der Waals surface area contributed by atoms with Gasteiger partial charge in [-0.25, -0.2) is 9.18 Å². The van der Waals surface area contributed by atoms with Gasteiger partial charge < -0.3 is 30.1 Å². The summed E-state index contributed by atoms with van der Waals surface area (Å²) in [6.07, 6.45) is -12.2. The van der Waals surface area contributed by atoms with Crippen molar-refractivity contribution in [2.45, 2.75) is 30.6 Å². The van der Waals surface area contributed by atoms with Crippen LogP contribution in [0.4, 0.5) is 41.2 Å². The highest BCUT2D eigenvalue weighted by atomic mass is 19.4. The Hall–Kier alpha value is -3.47. The summed E-state index contributed by atoms with van der Waals surface area (Å²) >= 11 is 0. The van der Waals surface area contributed by atoms with Crippen LogP contribution < -0.4 is 10.6 Å². The first-order valence-corrected chi connectivity index (χ1v) is 13.2. The zero-order chi connectivity index (χ0) is 31.4. The first-order chi connectivity index (χ1) is 20.2. The van der Waals surface area contributed by atoms with Gasteiger partial charge in [-0.05, 0) is 23.8 Å². The highest BCUT2D eigenvalue weighted by Gasteiger charge is 2.71. The summed E-state index contributed by atoms with van der Waals surface area (Å²) in [5.74, 6) is -1.27. The number of urea groups is 1. The van der Waals surface area contributed by atoms with Gasteiger partial charge in [0.25, 0.3) is 11.5 Å². The average Bonchev–Trinajstić information content (AvgIpc) is 2.96. The van der Waals surface area contributed by atoms with Gasteiger partial charge in [0, 0.05) is 50.4 Å². The Labute approximate surface area is 241 Å². The lowest BCUT2D eigenvalue weighted by atomic mass is 9.91. The van der Waals surface area contributed by atoms with Gasteiger partial charge in [0.1, 0.15) is 5.82 Å². The van der Waals surface area contributed by atoms with Crippen LogP contribution >= 0.6 is 0 Å². The van der Waals surface area contributed by atoms with Crippen LogP contribution in [0.25, 0.3) is 0 Å². The molecule has 3 amide bonds. The number of rotatable bonds is 7. The molecule has 2 aliphatic rings. The number of hydrogen-bond acceptors (Lipinski definition) is 6. The van der Waals surface area contributed by atoms with E-state index in [0.717, 1.165) is 18.2 Å². The van der Waals surface area contributed by atoms with E-state index in [0.29, 0.717) is 50.6 Å². The molecule has 43 heavy (non-hydrogen) atoms. The fraction of sp³-hybridized carbons (Fsp3) is 0.481. The fourth-order valence-corrected chi connectivity index (χ4v) is 4.67. The van der Waals surface area contributed by atoms with E-state index in [1.54, 1.807) is 0 Å². The van der Waals surface area contributed by atoms with E-state index >= 15 is 0 Å². The van der Waals surface area contributed by atoms with Crippen LogP contribution in [-0.2, 0) is 21.6 Å². The molecular weight excluding hydrogens is 593 g/mol. The molecule has 0 radical (unpaired) electrons. The highest BCUT2D eigenvalue weighted by Crippen LogP contribution is 2.50. The molecule has 2 heterocycles. The van der Waals surface area contributed by atoms with Crippen molar-refractivity contribution in [2.75, 3.05) is 57.9 Å².